The molecule has 3 heteroatoms. The number of phenolic OH excluding ortho intramolecular Hbond substituents is 1. The van der Waals surface area contributed by atoms with Crippen LogP contribution in [-0.2, 0) is 0 Å². The first-order chi connectivity index (χ1) is 6.62. The fourth-order valence-electron chi connectivity index (χ4n) is 1.69. The average molecular weight is 191 g/mol. The highest BCUT2D eigenvalue weighted by atomic mass is 16.3. The topological polar surface area (TPSA) is 63.3 Å². The molecular weight excluding hydrogens is 178 g/mol. The predicted octanol–water partition coefficient (Wildman–Crippen LogP) is 1.46. The van der Waals surface area contributed by atoms with E-state index in [2.05, 4.69) is 0 Å². The first-order valence-electron chi connectivity index (χ1n) is 4.74. The van der Waals surface area contributed by atoms with E-state index < -0.39 is 5.54 Å². The number of rotatable bonds is 2. The number of benzene rings is 1. The minimum absolute atomic E-state index is 0.0104. The lowest BCUT2D eigenvalue weighted by Crippen LogP contribution is -2.53. The van der Waals surface area contributed by atoms with Crippen LogP contribution in [-0.4, -0.2) is 16.4 Å². The molecule has 1 saturated carbocycles. The first kappa shape index (κ1) is 9.21. The number of carbonyl (C=O) groups excluding carboxylic acids is 1. The molecule has 0 unspecified atom stereocenters. The number of phenols is 1. The van der Waals surface area contributed by atoms with Gasteiger partial charge in [-0.15, -0.1) is 0 Å². The van der Waals surface area contributed by atoms with Crippen LogP contribution in [0.15, 0.2) is 24.3 Å². The second-order valence-corrected chi connectivity index (χ2v) is 3.89. The number of hydrogen-bond acceptors (Lipinski definition) is 3. The lowest BCUT2D eigenvalue weighted by Gasteiger charge is -2.36. The second-order valence-electron chi connectivity index (χ2n) is 3.89. The fourth-order valence-corrected chi connectivity index (χ4v) is 1.69. The molecule has 0 aromatic heterocycles. The van der Waals surface area contributed by atoms with Crippen molar-refractivity contribution in [3.8, 4) is 5.75 Å². The summed E-state index contributed by atoms with van der Waals surface area (Å²) in [6, 6.07) is 6.25. The molecule has 1 aliphatic rings. The maximum atomic E-state index is 11.9. The maximum absolute atomic E-state index is 11.9. The molecule has 1 aromatic carbocycles. The molecule has 0 atom stereocenters. The molecule has 1 aliphatic carbocycles. The number of carbonyl (C=O) groups is 1. The third kappa shape index (κ3) is 1.40. The summed E-state index contributed by atoms with van der Waals surface area (Å²) in [4.78, 5) is 11.9. The number of aromatic hydroxyl groups is 1. The Morgan fingerprint density at radius 1 is 1.29 bits per heavy atom. The summed E-state index contributed by atoms with van der Waals surface area (Å²) in [5.74, 6) is 0.157. The van der Waals surface area contributed by atoms with Gasteiger partial charge in [-0.2, -0.15) is 0 Å². The molecule has 0 bridgehead atoms. The van der Waals surface area contributed by atoms with Crippen LogP contribution >= 0.6 is 0 Å². The molecule has 14 heavy (non-hydrogen) atoms. The molecule has 0 heterocycles. The largest absolute Gasteiger partial charge is 0.508 e. The Bertz CT molecular complexity index is 352. The van der Waals surface area contributed by atoms with Crippen molar-refractivity contribution in [2.45, 2.75) is 24.8 Å². The van der Waals surface area contributed by atoms with Crippen LogP contribution in [0.4, 0.5) is 0 Å². The SMILES string of the molecule is NC1(C(=O)c2ccc(O)cc2)CCC1. The molecule has 0 spiro atoms. The summed E-state index contributed by atoms with van der Waals surface area (Å²) in [6.45, 7) is 0. The van der Waals surface area contributed by atoms with Gasteiger partial charge in [-0.05, 0) is 43.5 Å². The van der Waals surface area contributed by atoms with Crippen LogP contribution < -0.4 is 5.73 Å². The highest BCUT2D eigenvalue weighted by Gasteiger charge is 2.40. The highest BCUT2D eigenvalue weighted by molar-refractivity contribution is 6.03. The minimum atomic E-state index is -0.642. The minimum Gasteiger partial charge on any atom is -0.508 e. The van der Waals surface area contributed by atoms with E-state index in [1.807, 2.05) is 0 Å². The lowest BCUT2D eigenvalue weighted by atomic mass is 9.73. The Hall–Kier alpha value is -1.35. The monoisotopic (exact) mass is 191 g/mol. The van der Waals surface area contributed by atoms with Gasteiger partial charge < -0.3 is 10.8 Å². The molecule has 1 fully saturated rings. The Morgan fingerprint density at radius 3 is 2.29 bits per heavy atom. The van der Waals surface area contributed by atoms with Gasteiger partial charge in [0.15, 0.2) is 5.78 Å². The van der Waals surface area contributed by atoms with Gasteiger partial charge in [0.2, 0.25) is 0 Å². The molecule has 0 amide bonds. The zero-order chi connectivity index (χ0) is 10.2. The first-order valence-corrected chi connectivity index (χ1v) is 4.74. The van der Waals surface area contributed by atoms with Gasteiger partial charge in [0, 0.05) is 5.56 Å². The third-order valence-electron chi connectivity index (χ3n) is 2.83. The number of nitrogens with two attached hydrogens (primary N) is 1. The van der Waals surface area contributed by atoms with Crippen molar-refractivity contribution in [1.82, 2.24) is 0 Å². The van der Waals surface area contributed by atoms with Crippen LogP contribution in [0.25, 0.3) is 0 Å². The van der Waals surface area contributed by atoms with E-state index in [4.69, 9.17) is 10.8 Å². The summed E-state index contributed by atoms with van der Waals surface area (Å²) >= 11 is 0. The summed E-state index contributed by atoms with van der Waals surface area (Å²) in [5, 5.41) is 9.07. The van der Waals surface area contributed by atoms with Gasteiger partial charge in [-0.1, -0.05) is 0 Å². The van der Waals surface area contributed by atoms with E-state index in [-0.39, 0.29) is 11.5 Å². The van der Waals surface area contributed by atoms with Crippen molar-refractivity contribution in [1.29, 1.82) is 0 Å². The summed E-state index contributed by atoms with van der Waals surface area (Å²) in [5.41, 5.74) is 5.85. The Balaban J connectivity index is 2.23. The molecule has 2 rings (SSSR count). The fraction of sp³-hybridized carbons (Fsp3) is 0.364. The van der Waals surface area contributed by atoms with E-state index in [9.17, 15) is 4.79 Å². The van der Waals surface area contributed by atoms with Crippen molar-refractivity contribution >= 4 is 5.78 Å². The Kier molecular flexibility index (Phi) is 2.04. The quantitative estimate of drug-likeness (QED) is 0.695. The Morgan fingerprint density at radius 2 is 1.86 bits per heavy atom. The highest BCUT2D eigenvalue weighted by Crippen LogP contribution is 2.32. The molecular formula is C11H13NO2. The lowest BCUT2D eigenvalue weighted by molar-refractivity contribution is 0.0801. The van der Waals surface area contributed by atoms with Crippen molar-refractivity contribution in [2.75, 3.05) is 0 Å². The van der Waals surface area contributed by atoms with Crippen LogP contribution in [0.1, 0.15) is 29.6 Å². The molecule has 0 aliphatic heterocycles. The number of ketones is 1. The van der Waals surface area contributed by atoms with E-state index in [1.54, 1.807) is 12.1 Å². The van der Waals surface area contributed by atoms with Gasteiger partial charge in [0.1, 0.15) is 5.75 Å². The van der Waals surface area contributed by atoms with Gasteiger partial charge >= 0.3 is 0 Å². The third-order valence-corrected chi connectivity index (χ3v) is 2.83. The van der Waals surface area contributed by atoms with Gasteiger partial charge in [0.05, 0.1) is 5.54 Å². The molecule has 0 radical (unpaired) electrons. The zero-order valence-electron chi connectivity index (χ0n) is 7.86. The van der Waals surface area contributed by atoms with Gasteiger partial charge in [-0.3, -0.25) is 4.79 Å². The number of hydrogen-bond donors (Lipinski definition) is 2. The van der Waals surface area contributed by atoms with Gasteiger partial charge in [0.25, 0.3) is 0 Å². The van der Waals surface area contributed by atoms with E-state index in [0.717, 1.165) is 19.3 Å². The van der Waals surface area contributed by atoms with Crippen molar-refractivity contribution in [3.63, 3.8) is 0 Å². The average Bonchev–Trinajstić information content (AvgIpc) is 2.14. The summed E-state index contributed by atoms with van der Waals surface area (Å²) in [7, 11) is 0. The number of Topliss-reactive ketones (excluding diaryl/α,β-unsaturated/α-hetero) is 1. The molecule has 74 valence electrons. The smallest absolute Gasteiger partial charge is 0.182 e. The van der Waals surface area contributed by atoms with Crippen molar-refractivity contribution in [2.24, 2.45) is 5.73 Å². The summed E-state index contributed by atoms with van der Waals surface area (Å²) in [6.07, 6.45) is 2.57. The van der Waals surface area contributed by atoms with Crippen molar-refractivity contribution in [3.05, 3.63) is 29.8 Å². The maximum Gasteiger partial charge on any atom is 0.182 e. The van der Waals surface area contributed by atoms with Crippen LogP contribution in [0.5, 0.6) is 5.75 Å². The standard InChI is InChI=1S/C11H13NO2/c12-11(6-1-7-11)10(14)8-2-4-9(13)5-3-8/h2-5,13H,1,6-7,12H2. The molecule has 3 nitrogen and oxygen atoms in total. The van der Waals surface area contributed by atoms with Crippen LogP contribution in [0.3, 0.4) is 0 Å². The Labute approximate surface area is 82.5 Å². The normalized spacial score (nSPS) is 18.6. The van der Waals surface area contributed by atoms with Crippen LogP contribution in [0, 0.1) is 0 Å². The predicted molar refractivity (Wildman–Crippen MR) is 53.2 cm³/mol. The molecule has 0 saturated heterocycles. The zero-order valence-corrected chi connectivity index (χ0v) is 7.86. The van der Waals surface area contributed by atoms with E-state index in [1.165, 1.54) is 12.1 Å². The molecule has 1 aromatic rings. The van der Waals surface area contributed by atoms with E-state index >= 15 is 0 Å². The second kappa shape index (κ2) is 3.10. The van der Waals surface area contributed by atoms with Crippen molar-refractivity contribution < 1.29 is 9.90 Å². The van der Waals surface area contributed by atoms with E-state index in [0.29, 0.717) is 5.56 Å². The molecule has 3 N–H and O–H groups in total. The van der Waals surface area contributed by atoms with Gasteiger partial charge in [-0.25, -0.2) is 0 Å². The van der Waals surface area contributed by atoms with Crippen LogP contribution in [0.2, 0.25) is 0 Å². The summed E-state index contributed by atoms with van der Waals surface area (Å²) < 4.78 is 0.